The monoisotopic (exact) mass is 531 g/mol. The number of rotatable bonds is 13. The summed E-state index contributed by atoms with van der Waals surface area (Å²) in [5, 5.41) is 16.1. The number of unbranched alkanes of at least 4 members (excludes halogenated alkanes) is 1. The van der Waals surface area contributed by atoms with E-state index in [9.17, 15) is 10.1 Å². The first-order valence-electron chi connectivity index (χ1n) is 14.4. The zero-order valence-electron chi connectivity index (χ0n) is 24.0. The molecule has 10 nitrogen and oxygen atoms in total. The maximum absolute atomic E-state index is 14.0. The molecule has 214 valence electrons. The number of amides is 1. The molecule has 0 spiro atoms. The summed E-state index contributed by atoms with van der Waals surface area (Å²) in [6.07, 6.45) is 6.01. The molecule has 6 unspecified atom stereocenters. The van der Waals surface area contributed by atoms with Crippen molar-refractivity contribution in [2.75, 3.05) is 52.9 Å². The lowest BCUT2D eigenvalue weighted by Crippen LogP contribution is -2.63. The molecule has 2 rings (SSSR count). The number of hydrogen-bond acceptors (Lipinski definition) is 8. The molecule has 0 saturated carbocycles. The molecular weight excluding hydrogens is 480 g/mol. The smallest absolute Gasteiger partial charge is 0.341 e. The van der Waals surface area contributed by atoms with Crippen LogP contribution in [0.5, 0.6) is 0 Å². The molecule has 38 heavy (non-hydrogen) atoms. The van der Waals surface area contributed by atoms with Crippen LogP contribution in [0.25, 0.3) is 4.85 Å². The number of nitriles is 1. The normalized spacial score (nSPS) is 24.9. The standard InChI is InChI=1S/C28H50N8O2/c1-5-8-13-33-27(31)26(25(9-6-2)35(4)19-21(7-3)10-12-29)28(37)34-23-18-32-14-11-24(23)36-15-16-38-22(17-30)20-36/h9,21-24,26-27,32H,5-8,10-11,14-20,30-31H2,1-4H3/p+1. The van der Waals surface area contributed by atoms with E-state index in [2.05, 4.69) is 64.3 Å². The Morgan fingerprint density at radius 2 is 2.18 bits per heavy atom. The number of nitrogens with two attached hydrogens (primary N) is 2. The molecule has 2 fully saturated rings. The minimum absolute atomic E-state index is 0.0206. The highest BCUT2D eigenvalue weighted by molar-refractivity contribution is 5.83. The maximum atomic E-state index is 14.0. The molecule has 0 aromatic heterocycles. The van der Waals surface area contributed by atoms with Gasteiger partial charge in [0, 0.05) is 57.9 Å². The van der Waals surface area contributed by atoms with Gasteiger partial charge >= 0.3 is 6.17 Å². The van der Waals surface area contributed by atoms with Crippen molar-refractivity contribution in [2.24, 2.45) is 23.3 Å². The van der Waals surface area contributed by atoms with Crippen LogP contribution in [0.2, 0.25) is 0 Å². The van der Waals surface area contributed by atoms with E-state index < -0.39 is 12.1 Å². The van der Waals surface area contributed by atoms with Crippen molar-refractivity contribution in [1.29, 1.82) is 5.26 Å². The number of ether oxygens (including phenoxy) is 1. The topological polar surface area (TPSA) is 137 Å². The van der Waals surface area contributed by atoms with E-state index in [-0.39, 0.29) is 30.0 Å². The number of piperidine rings is 1. The van der Waals surface area contributed by atoms with Crippen LogP contribution in [0.15, 0.2) is 11.8 Å². The summed E-state index contributed by atoms with van der Waals surface area (Å²) >= 11 is 0. The highest BCUT2D eigenvalue weighted by Gasteiger charge is 2.41. The number of morpholine rings is 1. The number of carbonyl (C=O) groups is 1. The number of nitrogens with one attached hydrogen (secondary N) is 2. The summed E-state index contributed by atoms with van der Waals surface area (Å²) in [6, 6.07) is 5.46. The lowest BCUT2D eigenvalue weighted by Gasteiger charge is -2.44. The minimum Gasteiger partial charge on any atom is -0.377 e. The van der Waals surface area contributed by atoms with Gasteiger partial charge in [0.05, 0.1) is 31.2 Å². The predicted octanol–water partition coefficient (Wildman–Crippen LogP) is 1.69. The second-order valence-corrected chi connectivity index (χ2v) is 10.5. The fraction of sp³-hybridized carbons (Fsp3) is 0.821. The Kier molecular flexibility index (Phi) is 14.6. The van der Waals surface area contributed by atoms with Crippen LogP contribution in [-0.4, -0.2) is 93.0 Å². The molecule has 2 saturated heterocycles. The molecule has 0 aromatic rings. The number of nitrogens with zero attached hydrogens (tertiary/aromatic N) is 4. The summed E-state index contributed by atoms with van der Waals surface area (Å²) in [5.74, 6) is -0.571. The van der Waals surface area contributed by atoms with Gasteiger partial charge in [-0.25, -0.2) is 0 Å². The molecule has 10 heteroatoms. The molecule has 0 aliphatic carbocycles. The van der Waals surface area contributed by atoms with Gasteiger partial charge in [-0.15, -0.1) is 0 Å². The third-order valence-corrected chi connectivity index (χ3v) is 7.56. The zero-order valence-corrected chi connectivity index (χ0v) is 24.0. The van der Waals surface area contributed by atoms with E-state index in [4.69, 9.17) is 16.2 Å². The molecular formula is C28H51N8O2+. The van der Waals surface area contributed by atoms with Gasteiger partial charge < -0.3 is 26.0 Å². The summed E-state index contributed by atoms with van der Waals surface area (Å²) in [7, 11) is 1.99. The fourth-order valence-electron chi connectivity index (χ4n) is 5.40. The molecule has 0 radical (unpaired) electrons. The summed E-state index contributed by atoms with van der Waals surface area (Å²) in [4.78, 5) is 23.0. The highest BCUT2D eigenvalue weighted by Crippen LogP contribution is 2.24. The van der Waals surface area contributed by atoms with E-state index >= 15 is 0 Å². The molecule has 2 heterocycles. The zero-order chi connectivity index (χ0) is 27.9. The summed E-state index contributed by atoms with van der Waals surface area (Å²) in [6.45, 7) is 11.2. The Bertz CT molecular complexity index is 848. The number of allylic oxidation sites excluding steroid dienone is 1. The quantitative estimate of drug-likeness (QED) is 0.282. The van der Waals surface area contributed by atoms with Crippen LogP contribution < -0.4 is 22.1 Å². The molecule has 6 atom stereocenters. The largest absolute Gasteiger partial charge is 0.377 e. The van der Waals surface area contributed by atoms with Crippen molar-refractivity contribution in [3.63, 3.8) is 0 Å². The Labute approximate surface area is 229 Å². The highest BCUT2D eigenvalue weighted by atomic mass is 16.5. The number of hydrogen-bond donors (Lipinski definition) is 4. The Morgan fingerprint density at radius 1 is 1.39 bits per heavy atom. The van der Waals surface area contributed by atoms with E-state index in [1.165, 1.54) is 0 Å². The van der Waals surface area contributed by atoms with Gasteiger partial charge in [0.2, 0.25) is 5.91 Å². The Balaban J connectivity index is 2.31. The summed E-state index contributed by atoms with van der Waals surface area (Å²) < 4.78 is 5.79. The van der Waals surface area contributed by atoms with Gasteiger partial charge in [-0.05, 0) is 31.7 Å². The molecule has 0 bridgehead atoms. The molecule has 1 amide bonds. The third-order valence-electron chi connectivity index (χ3n) is 7.56. The van der Waals surface area contributed by atoms with Crippen LogP contribution in [0.1, 0.15) is 59.3 Å². The molecule has 6 N–H and O–H groups in total. The van der Waals surface area contributed by atoms with Crippen LogP contribution >= 0.6 is 0 Å². The Hall–Kier alpha value is -2.21. The molecule has 0 aromatic carbocycles. The van der Waals surface area contributed by atoms with E-state index in [0.717, 1.165) is 51.0 Å². The number of carbonyl (C=O) groups excluding carboxylic acids is 1. The second-order valence-electron chi connectivity index (χ2n) is 10.5. The summed E-state index contributed by atoms with van der Waals surface area (Å²) in [5.41, 5.74) is 13.3. The van der Waals surface area contributed by atoms with E-state index in [1.807, 2.05) is 7.05 Å². The van der Waals surface area contributed by atoms with Gasteiger partial charge in [-0.2, -0.15) is 5.26 Å². The average molecular weight is 532 g/mol. The predicted molar refractivity (Wildman–Crippen MR) is 152 cm³/mol. The van der Waals surface area contributed by atoms with Gasteiger partial charge in [-0.3, -0.25) is 15.4 Å². The van der Waals surface area contributed by atoms with Gasteiger partial charge in [0.1, 0.15) is 0 Å². The molecule has 2 aliphatic heterocycles. The fourth-order valence-corrected chi connectivity index (χ4v) is 5.40. The van der Waals surface area contributed by atoms with Crippen molar-refractivity contribution >= 4 is 5.91 Å². The average Bonchev–Trinajstić information content (AvgIpc) is 2.92. The Morgan fingerprint density at radius 3 is 2.84 bits per heavy atom. The van der Waals surface area contributed by atoms with Crippen LogP contribution in [0.3, 0.4) is 0 Å². The molecule has 2 aliphatic rings. The first-order valence-corrected chi connectivity index (χ1v) is 14.4. The van der Waals surface area contributed by atoms with E-state index in [1.54, 1.807) is 0 Å². The van der Waals surface area contributed by atoms with Gasteiger partial charge in [-0.1, -0.05) is 38.1 Å². The third kappa shape index (κ3) is 9.52. The van der Waals surface area contributed by atoms with Gasteiger partial charge in [0.25, 0.3) is 6.07 Å². The second kappa shape index (κ2) is 17.4. The van der Waals surface area contributed by atoms with Crippen LogP contribution in [0.4, 0.5) is 0 Å². The SMILES string of the molecule is CCC=C(C(C(=O)NC1CNCCC1N1CCOC(CN)C1)C(N)[N+]#CCCC)N(C)CC(CC)CC#N. The van der Waals surface area contributed by atoms with Crippen LogP contribution in [0, 0.1) is 29.2 Å². The van der Waals surface area contributed by atoms with Crippen molar-refractivity contribution < 1.29 is 9.53 Å². The lowest BCUT2D eigenvalue weighted by molar-refractivity contribution is -0.126. The van der Waals surface area contributed by atoms with Crippen LogP contribution in [-0.2, 0) is 9.53 Å². The van der Waals surface area contributed by atoms with Crippen molar-refractivity contribution in [3.05, 3.63) is 16.6 Å². The van der Waals surface area contributed by atoms with Crippen molar-refractivity contribution in [3.8, 4) is 12.1 Å². The first kappa shape index (κ1) is 32.0. The lowest BCUT2D eigenvalue weighted by atomic mass is 9.93. The van der Waals surface area contributed by atoms with Crippen molar-refractivity contribution in [1.82, 2.24) is 20.4 Å². The first-order chi connectivity index (χ1) is 18.4. The maximum Gasteiger partial charge on any atom is 0.341 e. The van der Waals surface area contributed by atoms with Gasteiger partial charge in [0.15, 0.2) is 5.92 Å². The van der Waals surface area contributed by atoms with E-state index in [0.29, 0.717) is 39.1 Å². The minimum atomic E-state index is -0.752. The van der Waals surface area contributed by atoms with Crippen molar-refractivity contribution in [2.45, 2.75) is 83.6 Å².